The number of ketones is 1. The van der Waals surface area contributed by atoms with Gasteiger partial charge < -0.3 is 10.1 Å². The molecule has 0 heterocycles. The zero-order valence-electron chi connectivity index (χ0n) is 14.8. The molecular weight excluding hydrogens is 354 g/mol. The fourth-order valence-corrected chi connectivity index (χ4v) is 2.23. The highest BCUT2D eigenvalue weighted by Crippen LogP contribution is 2.15. The molecule has 0 fully saturated rings. The van der Waals surface area contributed by atoms with Crippen molar-refractivity contribution in [3.63, 3.8) is 0 Å². The van der Waals surface area contributed by atoms with Gasteiger partial charge in [0.25, 0.3) is 0 Å². The average molecular weight is 374 g/mol. The van der Waals surface area contributed by atoms with Crippen LogP contribution in [0.5, 0.6) is 0 Å². The number of carbonyl (C=O) groups is 3. The van der Waals surface area contributed by atoms with Gasteiger partial charge in [0.05, 0.1) is 5.56 Å². The minimum absolute atomic E-state index is 0.102. The van der Waals surface area contributed by atoms with Gasteiger partial charge in [-0.15, -0.1) is 0 Å². The maximum atomic E-state index is 12.4. The summed E-state index contributed by atoms with van der Waals surface area (Å²) in [6, 6.07) is 12.7. The standard InChI is InChI=1S/C20H20ClNO4/c1-12(2)19(24)22-17-10-6-14(7-11-17)18(23)13(3)26-20(25)15-4-8-16(21)9-5-15/h4-13H,1-3H3,(H,22,24). The number of anilines is 1. The summed E-state index contributed by atoms with van der Waals surface area (Å²) in [5.41, 5.74) is 1.32. The Bertz CT molecular complexity index is 798. The molecule has 5 nitrogen and oxygen atoms in total. The SMILES string of the molecule is CC(C)C(=O)Nc1ccc(C(=O)C(C)OC(=O)c2ccc(Cl)cc2)cc1. The molecule has 0 bridgehead atoms. The van der Waals surface area contributed by atoms with Gasteiger partial charge >= 0.3 is 5.97 Å². The molecular formula is C20H20ClNO4. The van der Waals surface area contributed by atoms with Crippen molar-refractivity contribution in [3.05, 3.63) is 64.7 Å². The largest absolute Gasteiger partial charge is 0.451 e. The smallest absolute Gasteiger partial charge is 0.338 e. The first-order valence-electron chi connectivity index (χ1n) is 8.19. The molecule has 1 amide bonds. The van der Waals surface area contributed by atoms with Crippen molar-refractivity contribution in [2.75, 3.05) is 5.32 Å². The van der Waals surface area contributed by atoms with Crippen LogP contribution in [-0.2, 0) is 9.53 Å². The molecule has 6 heteroatoms. The number of hydrogen-bond acceptors (Lipinski definition) is 4. The van der Waals surface area contributed by atoms with Crippen LogP contribution in [0.4, 0.5) is 5.69 Å². The van der Waals surface area contributed by atoms with Crippen LogP contribution in [0.15, 0.2) is 48.5 Å². The van der Waals surface area contributed by atoms with E-state index in [1.54, 1.807) is 50.2 Å². The minimum atomic E-state index is -0.936. The quantitative estimate of drug-likeness (QED) is 0.603. The Labute approximate surface area is 157 Å². The number of Topliss-reactive ketones (excluding diaryl/α,β-unsaturated/α-hetero) is 1. The van der Waals surface area contributed by atoms with Crippen molar-refractivity contribution in [2.24, 2.45) is 5.92 Å². The van der Waals surface area contributed by atoms with E-state index >= 15 is 0 Å². The van der Waals surface area contributed by atoms with E-state index in [1.807, 2.05) is 0 Å². The van der Waals surface area contributed by atoms with Gasteiger partial charge in [0.2, 0.25) is 11.7 Å². The van der Waals surface area contributed by atoms with Crippen LogP contribution in [0.3, 0.4) is 0 Å². The molecule has 1 N–H and O–H groups in total. The molecule has 0 aromatic heterocycles. The van der Waals surface area contributed by atoms with Crippen molar-refractivity contribution >= 4 is 34.9 Å². The lowest BCUT2D eigenvalue weighted by Gasteiger charge is -2.13. The number of halogens is 1. The molecule has 0 aliphatic heterocycles. The van der Waals surface area contributed by atoms with Crippen molar-refractivity contribution < 1.29 is 19.1 Å². The van der Waals surface area contributed by atoms with Gasteiger partial charge in [-0.1, -0.05) is 25.4 Å². The van der Waals surface area contributed by atoms with Crippen LogP contribution in [0.2, 0.25) is 5.02 Å². The Balaban J connectivity index is 2.00. The number of esters is 1. The number of amides is 1. The third-order valence-corrected chi connectivity index (χ3v) is 3.95. The van der Waals surface area contributed by atoms with Crippen LogP contribution in [0.1, 0.15) is 41.5 Å². The van der Waals surface area contributed by atoms with Crippen LogP contribution in [0, 0.1) is 5.92 Å². The molecule has 0 saturated carbocycles. The monoisotopic (exact) mass is 373 g/mol. The van der Waals surface area contributed by atoms with Crippen LogP contribution < -0.4 is 5.32 Å². The second-order valence-electron chi connectivity index (χ2n) is 6.14. The molecule has 1 atom stereocenters. The molecule has 1 unspecified atom stereocenters. The van der Waals surface area contributed by atoms with Crippen molar-refractivity contribution in [2.45, 2.75) is 26.9 Å². The maximum Gasteiger partial charge on any atom is 0.338 e. The summed E-state index contributed by atoms with van der Waals surface area (Å²) in [6.45, 7) is 5.11. The van der Waals surface area contributed by atoms with Gasteiger partial charge in [-0.2, -0.15) is 0 Å². The van der Waals surface area contributed by atoms with Crippen LogP contribution in [0.25, 0.3) is 0 Å². The zero-order chi connectivity index (χ0) is 19.3. The Morgan fingerprint density at radius 2 is 1.42 bits per heavy atom. The first-order valence-corrected chi connectivity index (χ1v) is 8.57. The first kappa shape index (κ1) is 19.7. The highest BCUT2D eigenvalue weighted by molar-refractivity contribution is 6.30. The molecule has 2 aromatic rings. The summed E-state index contributed by atoms with van der Waals surface area (Å²) in [5, 5.41) is 3.26. The second kappa shape index (κ2) is 8.63. The lowest BCUT2D eigenvalue weighted by Crippen LogP contribution is -2.24. The summed E-state index contributed by atoms with van der Waals surface area (Å²) in [5.74, 6) is -1.16. The lowest BCUT2D eigenvalue weighted by molar-refractivity contribution is -0.118. The van der Waals surface area contributed by atoms with Crippen molar-refractivity contribution in [1.82, 2.24) is 0 Å². The van der Waals surface area contributed by atoms with E-state index in [0.717, 1.165) is 0 Å². The number of benzene rings is 2. The fourth-order valence-electron chi connectivity index (χ4n) is 2.11. The van der Waals surface area contributed by atoms with Gasteiger partial charge in [0.15, 0.2) is 6.10 Å². The number of ether oxygens (including phenoxy) is 1. The number of hydrogen-bond donors (Lipinski definition) is 1. The molecule has 0 radical (unpaired) electrons. The Kier molecular flexibility index (Phi) is 6.52. The van der Waals surface area contributed by atoms with Gasteiger partial charge in [-0.3, -0.25) is 9.59 Å². The van der Waals surface area contributed by atoms with E-state index in [0.29, 0.717) is 21.8 Å². The topological polar surface area (TPSA) is 72.5 Å². The summed E-state index contributed by atoms with van der Waals surface area (Å²) < 4.78 is 5.22. The van der Waals surface area contributed by atoms with Gasteiger partial charge in [-0.25, -0.2) is 4.79 Å². The van der Waals surface area contributed by atoms with E-state index in [9.17, 15) is 14.4 Å². The summed E-state index contributed by atoms with van der Waals surface area (Å²) >= 11 is 5.78. The Morgan fingerprint density at radius 1 is 0.885 bits per heavy atom. The molecule has 0 spiro atoms. The maximum absolute atomic E-state index is 12.4. The van der Waals surface area contributed by atoms with Crippen LogP contribution >= 0.6 is 11.6 Å². The molecule has 2 rings (SSSR count). The van der Waals surface area contributed by atoms with Crippen molar-refractivity contribution in [1.29, 1.82) is 0 Å². The third kappa shape index (κ3) is 5.17. The van der Waals surface area contributed by atoms with E-state index in [1.165, 1.54) is 19.1 Å². The molecule has 26 heavy (non-hydrogen) atoms. The third-order valence-electron chi connectivity index (χ3n) is 3.69. The second-order valence-corrected chi connectivity index (χ2v) is 6.58. The van der Waals surface area contributed by atoms with Gasteiger partial charge in [0.1, 0.15) is 0 Å². The average Bonchev–Trinajstić information content (AvgIpc) is 2.62. The van der Waals surface area contributed by atoms with E-state index in [4.69, 9.17) is 16.3 Å². The Hall–Kier alpha value is -2.66. The number of carbonyl (C=O) groups excluding carboxylic acids is 3. The van der Waals surface area contributed by atoms with E-state index < -0.39 is 12.1 Å². The van der Waals surface area contributed by atoms with E-state index in [-0.39, 0.29) is 17.6 Å². The molecule has 0 aliphatic rings. The van der Waals surface area contributed by atoms with Gasteiger partial charge in [-0.05, 0) is 55.5 Å². The van der Waals surface area contributed by atoms with Crippen LogP contribution in [-0.4, -0.2) is 23.8 Å². The molecule has 0 aliphatic carbocycles. The summed E-state index contributed by atoms with van der Waals surface area (Å²) in [4.78, 5) is 36.2. The summed E-state index contributed by atoms with van der Waals surface area (Å²) in [6.07, 6.45) is -0.936. The normalized spacial score (nSPS) is 11.7. The predicted octanol–water partition coefficient (Wildman–Crippen LogP) is 4.36. The zero-order valence-corrected chi connectivity index (χ0v) is 15.5. The number of rotatable bonds is 6. The molecule has 2 aromatic carbocycles. The van der Waals surface area contributed by atoms with Crippen molar-refractivity contribution in [3.8, 4) is 0 Å². The predicted molar refractivity (Wildman–Crippen MR) is 101 cm³/mol. The highest BCUT2D eigenvalue weighted by Gasteiger charge is 2.20. The van der Waals surface area contributed by atoms with Gasteiger partial charge in [0, 0.05) is 22.2 Å². The Morgan fingerprint density at radius 3 is 1.96 bits per heavy atom. The molecule has 0 saturated heterocycles. The fraction of sp³-hybridized carbons (Fsp3) is 0.250. The van der Waals surface area contributed by atoms with E-state index in [2.05, 4.69) is 5.32 Å². The minimum Gasteiger partial charge on any atom is -0.451 e. The molecule has 136 valence electrons. The first-order chi connectivity index (χ1) is 12.3. The number of nitrogens with one attached hydrogen (secondary N) is 1. The summed E-state index contributed by atoms with van der Waals surface area (Å²) in [7, 11) is 0. The lowest BCUT2D eigenvalue weighted by atomic mass is 10.1. The highest BCUT2D eigenvalue weighted by atomic mass is 35.5.